The van der Waals surface area contributed by atoms with Crippen molar-refractivity contribution in [2.24, 2.45) is 0 Å². The predicted molar refractivity (Wildman–Crippen MR) is 58.9 cm³/mol. The zero-order valence-electron chi connectivity index (χ0n) is 7.37. The van der Waals surface area contributed by atoms with Crippen molar-refractivity contribution in [2.75, 3.05) is 0 Å². The van der Waals surface area contributed by atoms with E-state index in [0.29, 0.717) is 0 Å². The van der Waals surface area contributed by atoms with E-state index in [0.717, 1.165) is 0 Å². The molecule has 0 N–H and O–H groups in total. The lowest BCUT2D eigenvalue weighted by molar-refractivity contribution is 1.62. The molecule has 0 saturated carbocycles. The van der Waals surface area contributed by atoms with Crippen LogP contribution in [0.1, 0.15) is 0 Å². The third-order valence-corrected chi connectivity index (χ3v) is 12.1. The minimum absolute atomic E-state index is 1.01. The van der Waals surface area contributed by atoms with Crippen LogP contribution < -0.4 is 0 Å². The zero-order chi connectivity index (χ0) is 8.41. The fraction of sp³-hybridized carbons (Fsp3) is 0.714. The smallest absolute Gasteiger partial charge is 0.122 e. The van der Waals surface area contributed by atoms with E-state index >= 15 is 0 Å². The highest BCUT2D eigenvalue weighted by Crippen LogP contribution is 2.24. The molecule has 60 valence electrons. The molecule has 0 aromatic carbocycles. The van der Waals surface area contributed by atoms with Crippen LogP contribution in [0.4, 0.5) is 0 Å². The van der Waals surface area contributed by atoms with Crippen LogP contribution in [0.25, 0.3) is 0 Å². The van der Waals surface area contributed by atoms with Gasteiger partial charge in [0.05, 0.1) is 8.07 Å². The summed E-state index contributed by atoms with van der Waals surface area (Å²) in [6.07, 6.45) is 0. The van der Waals surface area contributed by atoms with Crippen LogP contribution >= 0.6 is 15.3 Å². The lowest BCUT2D eigenvalue weighted by Crippen LogP contribution is -2.33. The molecule has 0 aromatic rings. The highest BCUT2D eigenvalue weighted by atomic mass is 79.9. The van der Waals surface area contributed by atoms with Gasteiger partial charge in [-0.2, -0.15) is 0 Å². The number of hydrogen-bond acceptors (Lipinski definition) is 0. The molecule has 0 aromatic heterocycles. The van der Waals surface area contributed by atoms with Gasteiger partial charge in [0, 0.05) is 0 Å². The van der Waals surface area contributed by atoms with Gasteiger partial charge in [0.25, 0.3) is 0 Å². The number of hydrogen-bond donors (Lipinski definition) is 0. The molecule has 3 heteroatoms. The maximum Gasteiger partial charge on any atom is 0.122 e. The monoisotopic (exact) mass is 236 g/mol. The van der Waals surface area contributed by atoms with Gasteiger partial charge in [0.15, 0.2) is 0 Å². The Balaban J connectivity index is 4.01. The average Bonchev–Trinajstić information content (AvgIpc) is 1.60. The Morgan fingerprint density at radius 3 is 1.80 bits per heavy atom. The van der Waals surface area contributed by atoms with Crippen molar-refractivity contribution in [3.63, 3.8) is 0 Å². The maximum atomic E-state index is 3.88. The molecule has 0 nitrogen and oxygen atoms in total. The second-order valence-electron chi connectivity index (χ2n) is 4.09. The summed E-state index contributed by atoms with van der Waals surface area (Å²) in [5, 5.41) is 0. The molecule has 0 aliphatic heterocycles. The molecule has 0 aliphatic rings. The predicted octanol–water partition coefficient (Wildman–Crippen LogP) is 3.56. The molecule has 0 radical (unpaired) electrons. The van der Waals surface area contributed by atoms with Crippen molar-refractivity contribution < 1.29 is 0 Å². The topological polar surface area (TPSA) is 0 Å². The highest BCUT2D eigenvalue weighted by molar-refractivity contribution is 9.26. The van der Waals surface area contributed by atoms with E-state index in [1.54, 1.807) is 0 Å². The van der Waals surface area contributed by atoms with Gasteiger partial charge in [0.2, 0.25) is 0 Å². The molecule has 0 atom stereocenters. The fourth-order valence-corrected chi connectivity index (χ4v) is 16.9. The van der Waals surface area contributed by atoms with Gasteiger partial charge in [-0.05, 0) is 5.67 Å². The zero-order valence-corrected chi connectivity index (χ0v) is 11.0. The molecule has 0 unspecified atom stereocenters. The van der Waals surface area contributed by atoms with Crippen molar-refractivity contribution in [1.29, 1.82) is 0 Å². The summed E-state index contributed by atoms with van der Waals surface area (Å²) in [6, 6.07) is 0. The molecule has 0 spiro atoms. The summed E-state index contributed by atoms with van der Waals surface area (Å²) in [4.78, 5) is 0. The van der Waals surface area contributed by atoms with Crippen LogP contribution in [0.3, 0.4) is 0 Å². The van der Waals surface area contributed by atoms with Gasteiger partial charge in [-0.1, -0.05) is 26.2 Å². The number of rotatable bonds is 3. The van der Waals surface area contributed by atoms with Crippen molar-refractivity contribution in [1.82, 2.24) is 0 Å². The molecule has 0 heterocycles. The average molecular weight is 237 g/mol. The van der Waals surface area contributed by atoms with E-state index in [9.17, 15) is 0 Å². The van der Waals surface area contributed by atoms with Crippen molar-refractivity contribution in [3.8, 4) is 0 Å². The lowest BCUT2D eigenvalue weighted by Gasteiger charge is -2.24. The molecule has 0 rings (SSSR count). The second-order valence-corrected chi connectivity index (χ2v) is 19.8. The molecule has 10 heavy (non-hydrogen) atoms. The Labute approximate surface area is 74.3 Å². The molecular formula is C7H17BrSi2. The first-order valence-electron chi connectivity index (χ1n) is 3.59. The van der Waals surface area contributed by atoms with Gasteiger partial charge in [-0.25, -0.2) is 0 Å². The van der Waals surface area contributed by atoms with Crippen LogP contribution in [0, 0.1) is 0 Å². The van der Waals surface area contributed by atoms with Gasteiger partial charge >= 0.3 is 0 Å². The van der Waals surface area contributed by atoms with E-state index in [1.165, 1.54) is 5.67 Å². The summed E-state index contributed by atoms with van der Waals surface area (Å²) >= 11 is 3.78. The van der Waals surface area contributed by atoms with E-state index in [2.05, 4.69) is 53.8 Å². The highest BCUT2D eigenvalue weighted by Gasteiger charge is 2.27. The van der Waals surface area contributed by atoms with E-state index in [4.69, 9.17) is 0 Å². The first kappa shape index (κ1) is 10.7. The van der Waals surface area contributed by atoms with Gasteiger partial charge in [0.1, 0.15) is 6.69 Å². The van der Waals surface area contributed by atoms with E-state index in [-0.39, 0.29) is 0 Å². The quantitative estimate of drug-likeness (QED) is 0.520. The van der Waals surface area contributed by atoms with Gasteiger partial charge in [-0.3, -0.25) is 0 Å². The summed E-state index contributed by atoms with van der Waals surface area (Å²) in [5.41, 5.74) is 3.58. The normalized spacial score (nSPS) is 13.3. The summed E-state index contributed by atoms with van der Waals surface area (Å²) in [7, 11) is -1.03. The van der Waals surface area contributed by atoms with Crippen LogP contribution in [0.5, 0.6) is 0 Å². The molecule has 0 fully saturated rings. The minimum Gasteiger partial charge on any atom is -0.127 e. The first-order chi connectivity index (χ1) is 4.27. The summed E-state index contributed by atoms with van der Waals surface area (Å²) in [5.74, 6) is 0. The summed E-state index contributed by atoms with van der Waals surface area (Å²) in [6.45, 7) is 12.3. The van der Waals surface area contributed by atoms with Crippen LogP contribution in [-0.4, -0.2) is 14.8 Å². The van der Waals surface area contributed by atoms with Crippen LogP contribution in [0.15, 0.2) is 12.3 Å². The Kier molecular flexibility index (Phi) is 3.59. The first-order valence-corrected chi connectivity index (χ1v) is 12.3. The third-order valence-electron chi connectivity index (χ3n) is 1.43. The van der Waals surface area contributed by atoms with Crippen LogP contribution in [-0.2, 0) is 0 Å². The molecule has 0 aliphatic carbocycles. The lowest BCUT2D eigenvalue weighted by atomic mass is 11.3. The SMILES string of the molecule is C=C[Si](C)(C)C[Si](C)(C)Br. The Morgan fingerprint density at radius 1 is 1.30 bits per heavy atom. The second kappa shape index (κ2) is 3.37. The Morgan fingerprint density at radius 2 is 1.70 bits per heavy atom. The molecule has 0 amide bonds. The van der Waals surface area contributed by atoms with Crippen LogP contribution in [0.2, 0.25) is 31.9 Å². The van der Waals surface area contributed by atoms with Gasteiger partial charge < -0.3 is 0 Å². The standard InChI is InChI=1S/C7H17BrSi2/c1-6-9(2,3)7-10(4,5)8/h6H,1,7H2,2-5H3. The van der Waals surface area contributed by atoms with Gasteiger partial charge in [-0.15, -0.1) is 27.6 Å². The van der Waals surface area contributed by atoms with E-state index < -0.39 is 14.8 Å². The molecule has 0 saturated heterocycles. The minimum atomic E-state index is -1.03. The Hall–Kier alpha value is 0.654. The van der Waals surface area contributed by atoms with Crippen molar-refractivity contribution in [2.45, 2.75) is 31.9 Å². The largest absolute Gasteiger partial charge is 0.127 e. The van der Waals surface area contributed by atoms with Crippen molar-refractivity contribution in [3.05, 3.63) is 12.3 Å². The fourth-order valence-electron chi connectivity index (χ4n) is 1.16. The maximum absolute atomic E-state index is 3.88. The molecular weight excluding hydrogens is 220 g/mol. The third kappa shape index (κ3) is 5.44. The summed E-state index contributed by atoms with van der Waals surface area (Å²) < 4.78 is 0. The Bertz CT molecular complexity index is 124. The number of halogens is 1. The molecule has 0 bridgehead atoms. The van der Waals surface area contributed by atoms with Crippen molar-refractivity contribution >= 4 is 30.1 Å². The van der Waals surface area contributed by atoms with E-state index in [1.807, 2.05) is 0 Å².